The fourth-order valence-electron chi connectivity index (χ4n) is 2.38. The van der Waals surface area contributed by atoms with Gasteiger partial charge in [0.25, 0.3) is 11.1 Å². The first-order valence-corrected chi connectivity index (χ1v) is 10.8. The van der Waals surface area contributed by atoms with Crippen molar-refractivity contribution in [2.24, 2.45) is 0 Å². The number of ether oxygens (including phenoxy) is 1. The summed E-state index contributed by atoms with van der Waals surface area (Å²) < 4.78 is 33.6. The number of anilines is 1. The molecule has 0 saturated heterocycles. The van der Waals surface area contributed by atoms with Crippen molar-refractivity contribution in [1.82, 2.24) is 13.9 Å². The number of amides is 1. The molecule has 2 aromatic heterocycles. The zero-order valence-corrected chi connectivity index (χ0v) is 17.0. The van der Waals surface area contributed by atoms with Crippen LogP contribution in [0.25, 0.3) is 11.8 Å². The van der Waals surface area contributed by atoms with Crippen LogP contribution in [0.3, 0.4) is 0 Å². The number of benzene rings is 1. The highest BCUT2D eigenvalue weighted by Crippen LogP contribution is 2.21. The van der Waals surface area contributed by atoms with Crippen molar-refractivity contribution >= 4 is 38.5 Å². The van der Waals surface area contributed by atoms with Crippen LogP contribution in [-0.2, 0) is 14.6 Å². The summed E-state index contributed by atoms with van der Waals surface area (Å²) in [5, 5.41) is 11.4. The Hall–Kier alpha value is -3.49. The molecule has 148 valence electrons. The van der Waals surface area contributed by atoms with Gasteiger partial charge in [-0.25, -0.2) is 8.42 Å². The minimum Gasteiger partial charge on any atom is -0.497 e. The van der Waals surface area contributed by atoms with Gasteiger partial charge in [-0.2, -0.15) is 14.6 Å². The maximum atomic E-state index is 12.4. The predicted octanol–water partition coefficient (Wildman–Crippen LogP) is 2.29. The number of hydrogen-bond acceptors (Lipinski definition) is 8. The second-order valence-electron chi connectivity index (χ2n) is 5.78. The molecule has 0 aliphatic carbocycles. The van der Waals surface area contributed by atoms with Crippen LogP contribution in [0.15, 0.2) is 53.3 Å². The van der Waals surface area contributed by atoms with Gasteiger partial charge in [0.2, 0.25) is 15.0 Å². The van der Waals surface area contributed by atoms with Crippen LogP contribution in [0.5, 0.6) is 5.75 Å². The Kier molecular flexibility index (Phi) is 5.76. The summed E-state index contributed by atoms with van der Waals surface area (Å²) in [6.45, 7) is 0. The molecule has 0 aliphatic rings. The van der Waals surface area contributed by atoms with Crippen molar-refractivity contribution < 1.29 is 17.9 Å². The molecule has 3 aromatic rings. The SMILES string of the molecule is COc1cccc(-n2cccc2/C=C(/C#N)C(=O)Nc2nc(S(C)(=O)=O)ns2)c1. The van der Waals surface area contributed by atoms with Crippen LogP contribution in [0.1, 0.15) is 5.69 Å². The lowest BCUT2D eigenvalue weighted by Crippen LogP contribution is -2.13. The standard InChI is InChI=1S/C18H15N5O4S2/c1-27-15-7-3-5-14(10-15)23-8-4-6-13(23)9-12(11-19)16(24)20-17-21-18(22-28-17)29(2,25)26/h3-10H,1-2H3,(H,20,21,22,24)/b12-9-. The fraction of sp³-hybridized carbons (Fsp3) is 0.111. The second-order valence-corrected chi connectivity index (χ2v) is 8.44. The first-order chi connectivity index (χ1) is 13.8. The molecule has 0 unspecified atom stereocenters. The van der Waals surface area contributed by atoms with Gasteiger partial charge < -0.3 is 9.30 Å². The van der Waals surface area contributed by atoms with E-state index < -0.39 is 15.7 Å². The summed E-state index contributed by atoms with van der Waals surface area (Å²) in [5.41, 5.74) is 1.21. The molecule has 0 bridgehead atoms. The van der Waals surface area contributed by atoms with Crippen LogP contribution in [0, 0.1) is 11.3 Å². The highest BCUT2D eigenvalue weighted by Gasteiger charge is 2.18. The molecule has 11 heteroatoms. The van der Waals surface area contributed by atoms with E-state index in [2.05, 4.69) is 14.7 Å². The molecule has 2 heterocycles. The van der Waals surface area contributed by atoms with Gasteiger partial charge in [0.05, 0.1) is 7.11 Å². The van der Waals surface area contributed by atoms with Gasteiger partial charge in [0, 0.05) is 41.4 Å². The van der Waals surface area contributed by atoms with E-state index in [1.807, 2.05) is 30.3 Å². The number of nitrogens with zero attached hydrogens (tertiary/aromatic N) is 4. The summed E-state index contributed by atoms with van der Waals surface area (Å²) in [6, 6.07) is 12.7. The summed E-state index contributed by atoms with van der Waals surface area (Å²) in [5.74, 6) is -0.0515. The van der Waals surface area contributed by atoms with Crippen LogP contribution < -0.4 is 10.1 Å². The van der Waals surface area contributed by atoms with Crippen molar-refractivity contribution in [3.8, 4) is 17.5 Å². The first kappa shape index (κ1) is 20.2. The lowest BCUT2D eigenvalue weighted by atomic mass is 10.2. The Morgan fingerprint density at radius 3 is 2.79 bits per heavy atom. The topological polar surface area (TPSA) is 127 Å². The van der Waals surface area contributed by atoms with E-state index in [9.17, 15) is 18.5 Å². The van der Waals surface area contributed by atoms with E-state index in [4.69, 9.17) is 4.74 Å². The molecular formula is C18H15N5O4S2. The summed E-state index contributed by atoms with van der Waals surface area (Å²) in [7, 11) is -2.02. The Morgan fingerprint density at radius 2 is 2.14 bits per heavy atom. The Balaban J connectivity index is 1.87. The molecule has 1 N–H and O–H groups in total. The number of methoxy groups -OCH3 is 1. The van der Waals surface area contributed by atoms with E-state index in [0.717, 1.165) is 11.9 Å². The van der Waals surface area contributed by atoms with E-state index in [0.29, 0.717) is 23.0 Å². The average Bonchev–Trinajstić information content (AvgIpc) is 3.35. The lowest BCUT2D eigenvalue weighted by Gasteiger charge is -2.09. The van der Waals surface area contributed by atoms with Gasteiger partial charge in [0.15, 0.2) is 0 Å². The van der Waals surface area contributed by atoms with E-state index in [-0.39, 0.29) is 15.9 Å². The Labute approximate surface area is 171 Å². The van der Waals surface area contributed by atoms with Gasteiger partial charge in [-0.1, -0.05) is 6.07 Å². The highest BCUT2D eigenvalue weighted by atomic mass is 32.2. The average molecular weight is 429 g/mol. The molecular weight excluding hydrogens is 414 g/mol. The first-order valence-electron chi connectivity index (χ1n) is 8.10. The molecule has 9 nitrogen and oxygen atoms in total. The number of carbonyl (C=O) groups excluding carboxylic acids is 1. The molecule has 1 amide bonds. The quantitative estimate of drug-likeness (QED) is 0.470. The Morgan fingerprint density at radius 1 is 1.34 bits per heavy atom. The molecule has 1 aromatic carbocycles. The van der Waals surface area contributed by atoms with Crippen molar-refractivity contribution in [3.05, 3.63) is 53.9 Å². The maximum absolute atomic E-state index is 12.4. The smallest absolute Gasteiger partial charge is 0.268 e. The van der Waals surface area contributed by atoms with E-state index in [1.54, 1.807) is 30.0 Å². The third-order valence-electron chi connectivity index (χ3n) is 3.73. The normalized spacial score (nSPS) is 11.7. The molecule has 0 radical (unpaired) electrons. The molecule has 0 atom stereocenters. The molecule has 0 fully saturated rings. The maximum Gasteiger partial charge on any atom is 0.268 e. The van der Waals surface area contributed by atoms with Crippen LogP contribution in [-0.4, -0.2) is 41.6 Å². The largest absolute Gasteiger partial charge is 0.497 e. The van der Waals surface area contributed by atoms with Crippen molar-refractivity contribution in [1.29, 1.82) is 5.26 Å². The zero-order valence-electron chi connectivity index (χ0n) is 15.4. The summed E-state index contributed by atoms with van der Waals surface area (Å²) in [4.78, 5) is 16.2. The van der Waals surface area contributed by atoms with Gasteiger partial charge in [-0.15, -0.1) is 0 Å². The van der Waals surface area contributed by atoms with Crippen molar-refractivity contribution in [3.63, 3.8) is 0 Å². The Bertz CT molecular complexity index is 1230. The number of sulfone groups is 1. The van der Waals surface area contributed by atoms with E-state index in [1.165, 1.54) is 6.08 Å². The van der Waals surface area contributed by atoms with Gasteiger partial charge in [0.1, 0.15) is 17.4 Å². The zero-order chi connectivity index (χ0) is 21.0. The third kappa shape index (κ3) is 4.68. The fourth-order valence-corrected chi connectivity index (χ4v) is 3.82. The number of nitriles is 1. The number of nitrogens with one attached hydrogen (secondary N) is 1. The molecule has 3 rings (SSSR count). The molecule has 0 aliphatic heterocycles. The van der Waals surface area contributed by atoms with Crippen LogP contribution in [0.2, 0.25) is 0 Å². The van der Waals surface area contributed by atoms with Gasteiger partial charge in [-0.05, 0) is 30.3 Å². The summed E-state index contributed by atoms with van der Waals surface area (Å²) in [6.07, 6.45) is 4.18. The molecule has 0 spiro atoms. The second kappa shape index (κ2) is 8.26. The number of carbonyl (C=O) groups is 1. The van der Waals surface area contributed by atoms with Gasteiger partial charge in [-0.3, -0.25) is 10.1 Å². The molecule has 0 saturated carbocycles. The minimum atomic E-state index is -3.58. The van der Waals surface area contributed by atoms with Crippen LogP contribution in [0.4, 0.5) is 5.13 Å². The number of rotatable bonds is 6. The van der Waals surface area contributed by atoms with E-state index >= 15 is 0 Å². The van der Waals surface area contributed by atoms with Gasteiger partial charge >= 0.3 is 0 Å². The van der Waals surface area contributed by atoms with Crippen LogP contribution >= 0.6 is 11.5 Å². The summed E-state index contributed by atoms with van der Waals surface area (Å²) >= 11 is 0.717. The number of hydrogen-bond donors (Lipinski definition) is 1. The van der Waals surface area contributed by atoms with Crippen molar-refractivity contribution in [2.45, 2.75) is 5.16 Å². The predicted molar refractivity (Wildman–Crippen MR) is 108 cm³/mol. The highest BCUT2D eigenvalue weighted by molar-refractivity contribution is 7.90. The monoisotopic (exact) mass is 429 g/mol. The lowest BCUT2D eigenvalue weighted by molar-refractivity contribution is -0.112. The van der Waals surface area contributed by atoms with Crippen molar-refractivity contribution in [2.75, 3.05) is 18.7 Å². The molecule has 29 heavy (non-hydrogen) atoms. The number of aromatic nitrogens is 3. The third-order valence-corrected chi connectivity index (χ3v) is 5.32. The minimum absolute atomic E-state index is 0.0141.